The van der Waals surface area contributed by atoms with Crippen molar-refractivity contribution < 1.29 is 19.1 Å². The number of alkyl carbamates (subject to hydrolysis) is 1. The highest BCUT2D eigenvalue weighted by Gasteiger charge is 2.23. The predicted molar refractivity (Wildman–Crippen MR) is 194 cm³/mol. The molecule has 2 saturated heterocycles. The Bertz CT molecular complexity index is 1560. The van der Waals surface area contributed by atoms with Crippen molar-refractivity contribution in [3.8, 4) is 0 Å². The number of ether oxygens (including phenoxy) is 2. The largest absolute Gasteiger partial charge is 0.444 e. The van der Waals surface area contributed by atoms with Crippen LogP contribution in [0.1, 0.15) is 76.8 Å². The zero-order chi connectivity index (χ0) is 35.7. The number of anilines is 3. The molecule has 2 amide bonds. The molecule has 0 saturated carbocycles. The molecular weight excluding hydrogens is 638 g/mol. The predicted octanol–water partition coefficient (Wildman–Crippen LogP) is 3.81. The summed E-state index contributed by atoms with van der Waals surface area (Å²) in [4.78, 5) is 46.0. The monoisotopic (exact) mass is 693 g/mol. The SMILES string of the molecule is COC1CCN(c2nccc(Nc3cc4c(cn3)c(C(=O)NCCCN3CCN(CCCNC(=O)OC(C)(C)C)CC3)nn4C(C)C)n2)CC1. The number of carbonyl (C=O) groups is 2. The van der Waals surface area contributed by atoms with Gasteiger partial charge in [-0.3, -0.25) is 9.48 Å². The van der Waals surface area contributed by atoms with Gasteiger partial charge in [-0.15, -0.1) is 0 Å². The molecule has 15 heteroatoms. The second-order valence-electron chi connectivity index (χ2n) is 14.3. The van der Waals surface area contributed by atoms with Gasteiger partial charge in [0, 0.05) is 84.0 Å². The third-order valence-corrected chi connectivity index (χ3v) is 8.97. The maximum Gasteiger partial charge on any atom is 0.407 e. The number of aromatic nitrogens is 5. The summed E-state index contributed by atoms with van der Waals surface area (Å²) in [6.45, 7) is 18.4. The Balaban J connectivity index is 1.07. The molecule has 3 aromatic heterocycles. The van der Waals surface area contributed by atoms with Crippen molar-refractivity contribution in [1.82, 2.24) is 45.2 Å². The van der Waals surface area contributed by atoms with Crippen molar-refractivity contribution >= 4 is 40.5 Å². The molecule has 3 aromatic rings. The second kappa shape index (κ2) is 17.2. The van der Waals surface area contributed by atoms with E-state index in [4.69, 9.17) is 19.6 Å². The van der Waals surface area contributed by atoms with Gasteiger partial charge in [0.2, 0.25) is 5.95 Å². The quantitative estimate of drug-likeness (QED) is 0.210. The number of rotatable bonds is 14. The molecule has 0 bridgehead atoms. The van der Waals surface area contributed by atoms with E-state index in [1.54, 1.807) is 19.5 Å². The van der Waals surface area contributed by atoms with Gasteiger partial charge in [-0.2, -0.15) is 10.1 Å². The number of piperazine rings is 1. The summed E-state index contributed by atoms with van der Waals surface area (Å²) < 4.78 is 12.7. The Morgan fingerprint density at radius 1 is 0.940 bits per heavy atom. The third-order valence-electron chi connectivity index (χ3n) is 8.97. The van der Waals surface area contributed by atoms with Crippen molar-refractivity contribution in [3.05, 3.63) is 30.2 Å². The standard InChI is InChI=1S/C35H55N11O4/c1-25(2)46-28-23-30(40-29-9-14-37-33(41-29)45-17-10-26(49-6)11-18-45)39-24-27(28)31(42-46)32(47)36-12-7-15-43-19-21-44(22-20-43)16-8-13-38-34(48)50-35(3,4)5/h9,14,23-26H,7-8,10-13,15-22H2,1-6H3,(H,36,47)(H,38,48)(H,37,39,40,41). The second-order valence-corrected chi connectivity index (χ2v) is 14.3. The van der Waals surface area contributed by atoms with Crippen LogP contribution in [0, 0.1) is 0 Å². The van der Waals surface area contributed by atoms with Gasteiger partial charge >= 0.3 is 6.09 Å². The fourth-order valence-corrected chi connectivity index (χ4v) is 6.29. The Morgan fingerprint density at radius 2 is 1.60 bits per heavy atom. The zero-order valence-corrected chi connectivity index (χ0v) is 30.6. The Labute approximate surface area is 295 Å². The lowest BCUT2D eigenvalue weighted by atomic mass is 10.1. The minimum atomic E-state index is -0.484. The maximum atomic E-state index is 13.3. The Hall–Kier alpha value is -4.08. The van der Waals surface area contributed by atoms with Crippen molar-refractivity contribution in [2.24, 2.45) is 0 Å². The van der Waals surface area contributed by atoms with Crippen LogP contribution in [0.2, 0.25) is 0 Å². The van der Waals surface area contributed by atoms with Crippen LogP contribution in [0.15, 0.2) is 24.5 Å². The first kappa shape index (κ1) is 37.2. The molecule has 3 N–H and O–H groups in total. The zero-order valence-electron chi connectivity index (χ0n) is 30.6. The summed E-state index contributed by atoms with van der Waals surface area (Å²) >= 11 is 0. The van der Waals surface area contributed by atoms with Gasteiger partial charge in [-0.05, 0) is 79.5 Å². The van der Waals surface area contributed by atoms with Crippen LogP contribution in [0.5, 0.6) is 0 Å². The number of nitrogens with zero attached hydrogens (tertiary/aromatic N) is 8. The molecule has 2 fully saturated rings. The van der Waals surface area contributed by atoms with E-state index in [9.17, 15) is 9.59 Å². The van der Waals surface area contributed by atoms with Gasteiger partial charge in [0.1, 0.15) is 17.2 Å². The molecule has 0 aliphatic carbocycles. The molecule has 5 rings (SSSR count). The van der Waals surface area contributed by atoms with Crippen LogP contribution in [-0.4, -0.2) is 131 Å². The van der Waals surface area contributed by atoms with Crippen LogP contribution in [0.25, 0.3) is 10.9 Å². The van der Waals surface area contributed by atoms with E-state index >= 15 is 0 Å². The first-order valence-electron chi connectivity index (χ1n) is 17.9. The lowest BCUT2D eigenvalue weighted by Crippen LogP contribution is -2.47. The van der Waals surface area contributed by atoms with E-state index < -0.39 is 5.60 Å². The molecule has 5 heterocycles. The molecule has 274 valence electrons. The number of methoxy groups -OCH3 is 1. The van der Waals surface area contributed by atoms with Crippen molar-refractivity contribution in [2.45, 2.75) is 78.0 Å². The van der Waals surface area contributed by atoms with E-state index in [2.05, 4.69) is 40.6 Å². The molecule has 0 radical (unpaired) electrons. The molecule has 15 nitrogen and oxygen atoms in total. The van der Waals surface area contributed by atoms with E-state index in [-0.39, 0.29) is 24.1 Å². The lowest BCUT2D eigenvalue weighted by Gasteiger charge is -2.34. The number of amides is 2. The summed E-state index contributed by atoms with van der Waals surface area (Å²) in [5.41, 5.74) is 0.728. The van der Waals surface area contributed by atoms with Crippen molar-refractivity contribution in [3.63, 3.8) is 0 Å². The average molecular weight is 694 g/mol. The smallest absolute Gasteiger partial charge is 0.407 e. The van der Waals surface area contributed by atoms with Crippen LogP contribution in [0.3, 0.4) is 0 Å². The molecule has 50 heavy (non-hydrogen) atoms. The third kappa shape index (κ3) is 10.5. The van der Waals surface area contributed by atoms with Crippen LogP contribution >= 0.6 is 0 Å². The van der Waals surface area contributed by atoms with Crippen molar-refractivity contribution in [2.75, 3.05) is 82.8 Å². The highest BCUT2D eigenvalue weighted by atomic mass is 16.6. The van der Waals surface area contributed by atoms with Gasteiger partial charge in [0.25, 0.3) is 5.91 Å². The van der Waals surface area contributed by atoms with Gasteiger partial charge in [0.15, 0.2) is 5.69 Å². The van der Waals surface area contributed by atoms with Crippen molar-refractivity contribution in [1.29, 1.82) is 0 Å². The number of piperidine rings is 1. The lowest BCUT2D eigenvalue weighted by molar-refractivity contribution is 0.0523. The van der Waals surface area contributed by atoms with Gasteiger partial charge in [0.05, 0.1) is 17.0 Å². The summed E-state index contributed by atoms with van der Waals surface area (Å²) in [5, 5.41) is 14.6. The van der Waals surface area contributed by atoms with E-state index in [1.165, 1.54) is 0 Å². The number of carbonyl (C=O) groups excluding carboxylic acids is 2. The summed E-state index contributed by atoms with van der Waals surface area (Å²) in [7, 11) is 1.76. The molecule has 0 unspecified atom stereocenters. The molecule has 0 aromatic carbocycles. The molecule has 0 spiro atoms. The fourth-order valence-electron chi connectivity index (χ4n) is 6.29. The Kier molecular flexibility index (Phi) is 12.8. The number of fused-ring (bicyclic) bond motifs is 1. The van der Waals surface area contributed by atoms with E-state index in [0.29, 0.717) is 41.8 Å². The van der Waals surface area contributed by atoms with E-state index in [1.807, 2.05) is 51.4 Å². The first-order valence-corrected chi connectivity index (χ1v) is 17.9. The minimum absolute atomic E-state index is 0.0508. The number of hydrogen-bond donors (Lipinski definition) is 3. The molecule has 2 aliphatic rings. The van der Waals surface area contributed by atoms with Gasteiger partial charge < -0.3 is 40.1 Å². The van der Waals surface area contributed by atoms with Crippen LogP contribution < -0.4 is 20.9 Å². The van der Waals surface area contributed by atoms with Crippen LogP contribution in [0.4, 0.5) is 22.4 Å². The Morgan fingerprint density at radius 3 is 2.22 bits per heavy atom. The summed E-state index contributed by atoms with van der Waals surface area (Å²) in [5.74, 6) is 1.75. The molecular formula is C35H55N11O4. The number of hydrogen-bond acceptors (Lipinski definition) is 12. The topological polar surface area (TPSA) is 155 Å². The average Bonchev–Trinajstić information content (AvgIpc) is 3.48. The number of pyridine rings is 1. The highest BCUT2D eigenvalue weighted by molar-refractivity contribution is 6.05. The summed E-state index contributed by atoms with van der Waals surface area (Å²) in [6.07, 6.45) is 7.02. The van der Waals surface area contributed by atoms with Crippen LogP contribution in [-0.2, 0) is 9.47 Å². The number of nitrogens with one attached hydrogen (secondary N) is 3. The summed E-state index contributed by atoms with van der Waals surface area (Å²) in [6, 6.07) is 3.79. The fraction of sp³-hybridized carbons (Fsp3) is 0.657. The molecule has 0 atom stereocenters. The van der Waals surface area contributed by atoms with Gasteiger partial charge in [-0.1, -0.05) is 0 Å². The highest BCUT2D eigenvalue weighted by Crippen LogP contribution is 2.26. The normalized spacial score (nSPS) is 16.6. The molecule has 2 aliphatic heterocycles. The maximum absolute atomic E-state index is 13.3. The van der Waals surface area contributed by atoms with E-state index in [0.717, 1.165) is 83.6 Å². The van der Waals surface area contributed by atoms with Gasteiger partial charge in [-0.25, -0.2) is 14.8 Å². The minimum Gasteiger partial charge on any atom is -0.444 e. The first-order chi connectivity index (χ1) is 24.0.